The van der Waals surface area contributed by atoms with E-state index >= 15 is 0 Å². The van der Waals surface area contributed by atoms with E-state index in [0.717, 1.165) is 0 Å². The lowest BCUT2D eigenvalue weighted by molar-refractivity contribution is -0.384. The van der Waals surface area contributed by atoms with Crippen molar-refractivity contribution in [3.63, 3.8) is 0 Å². The predicted molar refractivity (Wildman–Crippen MR) is 75.7 cm³/mol. The Morgan fingerprint density at radius 1 is 1.23 bits per heavy atom. The first-order chi connectivity index (χ1) is 10.4. The van der Waals surface area contributed by atoms with Crippen LogP contribution in [0.15, 0.2) is 28.7 Å². The van der Waals surface area contributed by atoms with Crippen molar-refractivity contribution in [2.24, 2.45) is 5.92 Å². The molecule has 1 heterocycles. The molecule has 116 valence electrons. The Morgan fingerprint density at radius 2 is 1.86 bits per heavy atom. The Balaban J connectivity index is 2.13. The van der Waals surface area contributed by atoms with Gasteiger partial charge in [-0.15, -0.1) is 10.2 Å². The molecule has 0 radical (unpaired) electrons. The minimum Gasteiger partial charge on any atom is -0.452 e. The van der Waals surface area contributed by atoms with Crippen LogP contribution in [-0.4, -0.2) is 21.1 Å². The van der Waals surface area contributed by atoms with Gasteiger partial charge in [-0.3, -0.25) is 14.9 Å². The quantitative estimate of drug-likeness (QED) is 0.474. The molecule has 8 heteroatoms. The van der Waals surface area contributed by atoms with Crippen LogP contribution in [0, 0.1) is 16.0 Å². The number of hydrogen-bond acceptors (Lipinski definition) is 7. The molecule has 1 aromatic carbocycles. The molecule has 0 saturated carbocycles. The molecule has 0 aliphatic carbocycles. The Labute approximate surface area is 126 Å². The molecule has 22 heavy (non-hydrogen) atoms. The number of ether oxygens (including phenoxy) is 1. The normalized spacial score (nSPS) is 12.2. The van der Waals surface area contributed by atoms with Crippen molar-refractivity contribution in [1.29, 1.82) is 0 Å². The van der Waals surface area contributed by atoms with Crippen LogP contribution < -0.4 is 0 Å². The van der Waals surface area contributed by atoms with Crippen molar-refractivity contribution in [3.8, 4) is 11.5 Å². The second-order valence-electron chi connectivity index (χ2n) is 4.98. The van der Waals surface area contributed by atoms with E-state index in [-0.39, 0.29) is 29.4 Å². The van der Waals surface area contributed by atoms with E-state index in [4.69, 9.17) is 9.15 Å². The van der Waals surface area contributed by atoms with Crippen LogP contribution in [0.5, 0.6) is 0 Å². The summed E-state index contributed by atoms with van der Waals surface area (Å²) in [6.07, 6.45) is -0.658. The number of nitro benzene ring substituents is 1. The standard InChI is InChI=1S/C14H15N3O5/c1-8(2)14(18)21-9(3)12-15-16-13(22-12)10-4-6-11(7-5-10)17(19)20/h4-9H,1-3H3/t9-/m0/s1. The van der Waals surface area contributed by atoms with Crippen molar-refractivity contribution in [2.45, 2.75) is 26.9 Å². The molecule has 0 bridgehead atoms. The molecule has 0 saturated heterocycles. The summed E-state index contributed by atoms with van der Waals surface area (Å²) in [5.41, 5.74) is 0.523. The van der Waals surface area contributed by atoms with Gasteiger partial charge in [-0.2, -0.15) is 0 Å². The second kappa shape index (κ2) is 6.33. The highest BCUT2D eigenvalue weighted by Crippen LogP contribution is 2.24. The summed E-state index contributed by atoms with van der Waals surface area (Å²) < 4.78 is 10.6. The summed E-state index contributed by atoms with van der Waals surface area (Å²) in [6, 6.07) is 5.73. The predicted octanol–water partition coefficient (Wildman–Crippen LogP) is 2.91. The summed E-state index contributed by atoms with van der Waals surface area (Å²) in [4.78, 5) is 21.6. The fourth-order valence-corrected chi connectivity index (χ4v) is 1.60. The van der Waals surface area contributed by atoms with E-state index in [1.54, 1.807) is 20.8 Å². The van der Waals surface area contributed by atoms with Gasteiger partial charge in [-0.1, -0.05) is 13.8 Å². The molecule has 2 rings (SSSR count). The molecule has 0 N–H and O–H groups in total. The Hall–Kier alpha value is -2.77. The molecule has 1 atom stereocenters. The number of aromatic nitrogens is 2. The number of benzene rings is 1. The zero-order valence-electron chi connectivity index (χ0n) is 12.3. The third kappa shape index (κ3) is 3.46. The highest BCUT2D eigenvalue weighted by Gasteiger charge is 2.20. The Kier molecular flexibility index (Phi) is 4.50. The van der Waals surface area contributed by atoms with Crippen LogP contribution >= 0.6 is 0 Å². The van der Waals surface area contributed by atoms with Crippen molar-refractivity contribution < 1.29 is 18.9 Å². The van der Waals surface area contributed by atoms with Crippen LogP contribution in [0.1, 0.15) is 32.8 Å². The number of nitro groups is 1. The van der Waals surface area contributed by atoms with E-state index in [1.807, 2.05) is 0 Å². The van der Waals surface area contributed by atoms with Gasteiger partial charge in [0, 0.05) is 17.7 Å². The molecule has 0 fully saturated rings. The molecule has 8 nitrogen and oxygen atoms in total. The van der Waals surface area contributed by atoms with Gasteiger partial charge in [0.2, 0.25) is 5.89 Å². The maximum Gasteiger partial charge on any atom is 0.309 e. The largest absolute Gasteiger partial charge is 0.452 e. The Morgan fingerprint density at radius 3 is 2.41 bits per heavy atom. The highest BCUT2D eigenvalue weighted by molar-refractivity contribution is 5.71. The van der Waals surface area contributed by atoms with Crippen LogP contribution in [0.2, 0.25) is 0 Å². The van der Waals surface area contributed by atoms with Gasteiger partial charge in [0.1, 0.15) is 0 Å². The van der Waals surface area contributed by atoms with Crippen LogP contribution in [-0.2, 0) is 9.53 Å². The molecular formula is C14H15N3O5. The van der Waals surface area contributed by atoms with Gasteiger partial charge in [0.25, 0.3) is 11.6 Å². The fraction of sp³-hybridized carbons (Fsp3) is 0.357. The number of hydrogen-bond donors (Lipinski definition) is 0. The monoisotopic (exact) mass is 305 g/mol. The average molecular weight is 305 g/mol. The number of carbonyl (C=O) groups is 1. The number of nitrogens with zero attached hydrogens (tertiary/aromatic N) is 3. The fourth-order valence-electron chi connectivity index (χ4n) is 1.60. The van der Waals surface area contributed by atoms with Gasteiger partial charge in [0.05, 0.1) is 10.8 Å². The lowest BCUT2D eigenvalue weighted by Crippen LogP contribution is -2.14. The van der Waals surface area contributed by atoms with Gasteiger partial charge >= 0.3 is 5.97 Å². The lowest BCUT2D eigenvalue weighted by Gasteiger charge is -2.10. The van der Waals surface area contributed by atoms with Crippen molar-refractivity contribution >= 4 is 11.7 Å². The molecular weight excluding hydrogens is 290 g/mol. The van der Waals surface area contributed by atoms with E-state index in [9.17, 15) is 14.9 Å². The van der Waals surface area contributed by atoms with Gasteiger partial charge in [-0.05, 0) is 19.1 Å². The number of esters is 1. The van der Waals surface area contributed by atoms with Crippen LogP contribution in [0.4, 0.5) is 5.69 Å². The minimum absolute atomic E-state index is 0.0253. The first-order valence-electron chi connectivity index (χ1n) is 6.67. The third-order valence-corrected chi connectivity index (χ3v) is 2.88. The van der Waals surface area contributed by atoms with Gasteiger partial charge in [-0.25, -0.2) is 0 Å². The van der Waals surface area contributed by atoms with Gasteiger partial charge < -0.3 is 9.15 Å². The van der Waals surface area contributed by atoms with Gasteiger partial charge in [0.15, 0.2) is 6.10 Å². The van der Waals surface area contributed by atoms with Crippen molar-refractivity contribution in [3.05, 3.63) is 40.3 Å². The van der Waals surface area contributed by atoms with E-state index in [2.05, 4.69) is 10.2 Å². The van der Waals surface area contributed by atoms with Crippen molar-refractivity contribution in [2.75, 3.05) is 0 Å². The molecule has 0 spiro atoms. The molecule has 2 aromatic rings. The summed E-state index contributed by atoms with van der Waals surface area (Å²) in [7, 11) is 0. The molecule has 0 amide bonds. The summed E-state index contributed by atoms with van der Waals surface area (Å²) in [5, 5.41) is 18.3. The third-order valence-electron chi connectivity index (χ3n) is 2.88. The minimum atomic E-state index is -0.658. The molecule has 0 aliphatic rings. The zero-order valence-corrected chi connectivity index (χ0v) is 12.3. The topological polar surface area (TPSA) is 108 Å². The first kappa shape index (κ1) is 15.6. The molecule has 1 aromatic heterocycles. The number of non-ortho nitro benzene ring substituents is 1. The number of rotatable bonds is 5. The molecule has 0 unspecified atom stereocenters. The summed E-state index contributed by atoms with van der Waals surface area (Å²) in [6.45, 7) is 5.09. The smallest absolute Gasteiger partial charge is 0.309 e. The maximum absolute atomic E-state index is 11.5. The Bertz CT molecular complexity index is 678. The van der Waals surface area contributed by atoms with Crippen LogP contribution in [0.25, 0.3) is 11.5 Å². The zero-order chi connectivity index (χ0) is 16.3. The highest BCUT2D eigenvalue weighted by atomic mass is 16.6. The van der Waals surface area contributed by atoms with E-state index in [1.165, 1.54) is 24.3 Å². The first-order valence-corrected chi connectivity index (χ1v) is 6.67. The molecule has 0 aliphatic heterocycles. The second-order valence-corrected chi connectivity index (χ2v) is 4.98. The average Bonchev–Trinajstić information content (AvgIpc) is 2.97. The summed E-state index contributed by atoms with van der Waals surface area (Å²) in [5.74, 6) is -0.234. The lowest BCUT2D eigenvalue weighted by atomic mass is 10.2. The maximum atomic E-state index is 11.5. The van der Waals surface area contributed by atoms with E-state index in [0.29, 0.717) is 5.56 Å². The van der Waals surface area contributed by atoms with E-state index < -0.39 is 11.0 Å². The van der Waals surface area contributed by atoms with Crippen molar-refractivity contribution in [1.82, 2.24) is 10.2 Å². The number of carbonyl (C=O) groups excluding carboxylic acids is 1. The van der Waals surface area contributed by atoms with Crippen LogP contribution in [0.3, 0.4) is 0 Å². The SMILES string of the molecule is CC(C)C(=O)O[C@@H](C)c1nnc(-c2ccc([N+](=O)[O-])cc2)o1. The summed E-state index contributed by atoms with van der Waals surface area (Å²) >= 11 is 0.